The number of sulfonamides is 2. The molecule has 1 aromatic rings. The van der Waals surface area contributed by atoms with Gasteiger partial charge in [-0.3, -0.25) is 0 Å². The molecule has 0 aromatic heterocycles. The molecule has 1 heterocycles. The molecule has 0 saturated carbocycles. The number of rotatable bonds is 4. The summed E-state index contributed by atoms with van der Waals surface area (Å²) in [6.45, 7) is 0.480. The Bertz CT molecular complexity index is 846. The van der Waals surface area contributed by atoms with Crippen molar-refractivity contribution in [1.29, 1.82) is 5.26 Å². The Kier molecular flexibility index (Phi) is 5.33. The van der Waals surface area contributed by atoms with E-state index in [2.05, 4.69) is 4.72 Å². The number of nitrogens with zero attached hydrogens (tertiary/aromatic N) is 2. The van der Waals surface area contributed by atoms with Crippen LogP contribution in [-0.2, 0) is 20.0 Å². The van der Waals surface area contributed by atoms with Crippen LogP contribution in [0, 0.1) is 11.3 Å². The van der Waals surface area contributed by atoms with Crippen LogP contribution in [0.5, 0.6) is 0 Å². The summed E-state index contributed by atoms with van der Waals surface area (Å²) in [5.74, 6) is 0. The van der Waals surface area contributed by atoms with Crippen molar-refractivity contribution in [2.24, 2.45) is 0 Å². The zero-order chi connectivity index (χ0) is 17.3. The van der Waals surface area contributed by atoms with E-state index in [1.807, 2.05) is 6.07 Å². The van der Waals surface area contributed by atoms with Gasteiger partial charge in [-0.25, -0.2) is 25.9 Å². The molecule has 1 aliphatic rings. The van der Waals surface area contributed by atoms with Gasteiger partial charge >= 0.3 is 0 Å². The summed E-state index contributed by atoms with van der Waals surface area (Å²) in [4.78, 5) is -0.0741. The lowest BCUT2D eigenvalue weighted by molar-refractivity contribution is 0.305. The second kappa shape index (κ2) is 6.75. The highest BCUT2D eigenvalue weighted by molar-refractivity contribution is 7.89. The van der Waals surface area contributed by atoms with E-state index >= 15 is 0 Å². The summed E-state index contributed by atoms with van der Waals surface area (Å²) in [6, 6.07) is 5.17. The summed E-state index contributed by atoms with van der Waals surface area (Å²) >= 11 is 5.80. The molecule has 1 atom stereocenters. The molecule has 1 N–H and O–H groups in total. The topological polar surface area (TPSA) is 107 Å². The summed E-state index contributed by atoms with van der Waals surface area (Å²) in [7, 11) is -7.22. The van der Waals surface area contributed by atoms with Gasteiger partial charge in [0.05, 0.1) is 21.7 Å². The fraction of sp³-hybridized carbons (Fsp3) is 0.462. The zero-order valence-corrected chi connectivity index (χ0v) is 14.7. The minimum absolute atomic E-state index is 0.0657. The minimum Gasteiger partial charge on any atom is -0.213 e. The van der Waals surface area contributed by atoms with E-state index in [1.165, 1.54) is 22.5 Å². The Morgan fingerprint density at radius 2 is 2.04 bits per heavy atom. The molecule has 1 aromatic carbocycles. The first kappa shape index (κ1) is 18.2. The molecule has 1 unspecified atom stereocenters. The van der Waals surface area contributed by atoms with Crippen LogP contribution < -0.4 is 4.72 Å². The second-order valence-corrected chi connectivity index (χ2v) is 9.44. The molecular weight excluding hydrogens is 362 g/mol. The van der Waals surface area contributed by atoms with Crippen LogP contribution in [0.25, 0.3) is 0 Å². The molecular formula is C13H16ClN3O4S2. The molecule has 1 saturated heterocycles. The maximum absolute atomic E-state index is 12.4. The van der Waals surface area contributed by atoms with Gasteiger partial charge < -0.3 is 0 Å². The first-order valence-electron chi connectivity index (χ1n) is 6.80. The van der Waals surface area contributed by atoms with Crippen molar-refractivity contribution >= 4 is 31.6 Å². The van der Waals surface area contributed by atoms with E-state index in [9.17, 15) is 16.8 Å². The highest BCUT2D eigenvalue weighted by atomic mass is 35.5. The van der Waals surface area contributed by atoms with Crippen molar-refractivity contribution in [1.82, 2.24) is 9.03 Å². The first-order chi connectivity index (χ1) is 10.6. The number of piperidine rings is 1. The van der Waals surface area contributed by atoms with E-state index in [0.29, 0.717) is 19.4 Å². The highest BCUT2D eigenvalue weighted by Crippen LogP contribution is 2.21. The van der Waals surface area contributed by atoms with E-state index in [-0.39, 0.29) is 22.0 Å². The molecule has 23 heavy (non-hydrogen) atoms. The number of halogens is 1. The average molecular weight is 378 g/mol. The highest BCUT2D eigenvalue weighted by Gasteiger charge is 2.29. The molecule has 10 heteroatoms. The van der Waals surface area contributed by atoms with Gasteiger partial charge in [-0.2, -0.15) is 5.26 Å². The van der Waals surface area contributed by atoms with Crippen LogP contribution in [0.15, 0.2) is 23.1 Å². The van der Waals surface area contributed by atoms with Crippen LogP contribution in [0.1, 0.15) is 18.4 Å². The third-order valence-corrected chi connectivity index (χ3v) is 6.66. The van der Waals surface area contributed by atoms with Crippen LogP contribution in [0.3, 0.4) is 0 Å². The molecule has 0 amide bonds. The van der Waals surface area contributed by atoms with Gasteiger partial charge in [-0.15, -0.1) is 0 Å². The third kappa shape index (κ3) is 4.43. The zero-order valence-electron chi connectivity index (χ0n) is 12.4. The first-order valence-corrected chi connectivity index (χ1v) is 10.5. The maximum atomic E-state index is 12.4. The quantitative estimate of drug-likeness (QED) is 0.839. The van der Waals surface area contributed by atoms with E-state index in [1.54, 1.807) is 0 Å². The molecule has 0 spiro atoms. The smallest absolute Gasteiger partial charge is 0.213 e. The molecule has 0 aliphatic carbocycles. The summed E-state index contributed by atoms with van der Waals surface area (Å²) in [6.07, 6.45) is 2.22. The predicted molar refractivity (Wildman–Crippen MR) is 85.9 cm³/mol. The van der Waals surface area contributed by atoms with Crippen molar-refractivity contribution in [2.75, 3.05) is 19.3 Å². The molecule has 0 radical (unpaired) electrons. The van der Waals surface area contributed by atoms with Crippen LogP contribution >= 0.6 is 11.6 Å². The Morgan fingerprint density at radius 1 is 1.35 bits per heavy atom. The average Bonchev–Trinajstić information content (AvgIpc) is 2.46. The summed E-state index contributed by atoms with van der Waals surface area (Å²) < 4.78 is 51.7. The summed E-state index contributed by atoms with van der Waals surface area (Å²) in [5.41, 5.74) is 0.0657. The fourth-order valence-electron chi connectivity index (χ4n) is 2.38. The van der Waals surface area contributed by atoms with Crippen LogP contribution in [0.4, 0.5) is 0 Å². The Labute approximate surface area is 141 Å². The lowest BCUT2D eigenvalue weighted by atomic mass is 10.1. The van der Waals surface area contributed by atoms with Gasteiger partial charge in [0, 0.05) is 19.1 Å². The Morgan fingerprint density at radius 3 is 2.65 bits per heavy atom. The number of nitriles is 1. The monoisotopic (exact) mass is 377 g/mol. The van der Waals surface area contributed by atoms with Crippen LogP contribution in [-0.4, -0.2) is 46.5 Å². The summed E-state index contributed by atoms with van der Waals surface area (Å²) in [5, 5.41) is 9.10. The Hall–Kier alpha value is -1.18. The number of nitrogens with one attached hydrogen (secondary N) is 1. The molecule has 1 fully saturated rings. The van der Waals surface area contributed by atoms with Gasteiger partial charge in [0.1, 0.15) is 6.07 Å². The number of hydrogen-bond acceptors (Lipinski definition) is 5. The van der Waals surface area contributed by atoms with E-state index in [4.69, 9.17) is 16.9 Å². The SMILES string of the molecule is CS(=O)(=O)N1CCCC(NS(=O)(=O)c2ccc(Cl)c(C#N)c2)C1. The van der Waals surface area contributed by atoms with Crippen molar-refractivity contribution in [3.63, 3.8) is 0 Å². The van der Waals surface area contributed by atoms with Crippen LogP contribution in [0.2, 0.25) is 5.02 Å². The van der Waals surface area contributed by atoms with Crippen molar-refractivity contribution in [3.8, 4) is 6.07 Å². The lowest BCUT2D eigenvalue weighted by Crippen LogP contribution is -2.49. The van der Waals surface area contributed by atoms with Gasteiger partial charge in [0.25, 0.3) is 0 Å². The van der Waals surface area contributed by atoms with Gasteiger partial charge in [0.2, 0.25) is 20.0 Å². The number of benzene rings is 1. The molecule has 0 bridgehead atoms. The van der Waals surface area contributed by atoms with E-state index in [0.717, 1.165) is 6.26 Å². The van der Waals surface area contributed by atoms with Gasteiger partial charge in [0.15, 0.2) is 0 Å². The maximum Gasteiger partial charge on any atom is 0.240 e. The van der Waals surface area contributed by atoms with Gasteiger partial charge in [-0.05, 0) is 31.0 Å². The standard InChI is InChI=1S/C13H16ClN3O4S2/c1-22(18,19)17-6-2-3-11(9-17)16-23(20,21)12-4-5-13(14)10(7-12)8-15/h4-5,7,11,16H,2-3,6,9H2,1H3. The molecule has 126 valence electrons. The van der Waals surface area contributed by atoms with Crippen molar-refractivity contribution < 1.29 is 16.8 Å². The normalized spacial score (nSPS) is 20.1. The largest absolute Gasteiger partial charge is 0.240 e. The Balaban J connectivity index is 2.20. The fourth-order valence-corrected chi connectivity index (χ4v) is 4.74. The predicted octanol–water partition coefficient (Wildman–Crippen LogP) is 0.914. The third-order valence-electron chi connectivity index (χ3n) is 3.54. The molecule has 7 nitrogen and oxygen atoms in total. The van der Waals surface area contributed by atoms with Gasteiger partial charge in [-0.1, -0.05) is 11.6 Å². The van der Waals surface area contributed by atoms with Crippen molar-refractivity contribution in [2.45, 2.75) is 23.8 Å². The van der Waals surface area contributed by atoms with E-state index < -0.39 is 26.1 Å². The lowest BCUT2D eigenvalue weighted by Gasteiger charge is -2.31. The molecule has 2 rings (SSSR count). The number of hydrogen-bond donors (Lipinski definition) is 1. The minimum atomic E-state index is -3.86. The van der Waals surface area contributed by atoms with Crippen molar-refractivity contribution in [3.05, 3.63) is 28.8 Å². The molecule has 1 aliphatic heterocycles. The second-order valence-electron chi connectivity index (χ2n) is 5.33.